The minimum absolute atomic E-state index is 0.815. The van der Waals surface area contributed by atoms with E-state index in [4.69, 9.17) is 5.73 Å². The minimum atomic E-state index is 0.815. The molecule has 0 aliphatic carbocycles. The first-order valence-electron chi connectivity index (χ1n) is 2.90. The predicted molar refractivity (Wildman–Crippen MR) is 44.8 cm³/mol. The van der Waals surface area contributed by atoms with E-state index in [1.54, 1.807) is 6.08 Å². The van der Waals surface area contributed by atoms with Crippen LogP contribution in [0.1, 0.15) is 6.92 Å². The molecule has 0 heterocycles. The Bertz CT molecular complexity index is 152. The van der Waals surface area contributed by atoms with Gasteiger partial charge in [0.2, 0.25) is 0 Å². The maximum Gasteiger partial charge on any atom is 0.136 e. The Hall–Kier alpha value is -0.915. The molecular weight excluding hydrogens is 109 g/mol. The fourth-order valence-electron chi connectivity index (χ4n) is 0.338. The maximum atomic E-state index is 5.55. The van der Waals surface area contributed by atoms with Gasteiger partial charge in [-0.2, -0.15) is 0 Å². The molecule has 0 spiro atoms. The van der Waals surface area contributed by atoms with Gasteiger partial charge in [-0.15, -0.1) is 0 Å². The van der Waals surface area contributed by atoms with Crippen LogP contribution in [-0.4, -0.2) is 7.85 Å². The van der Waals surface area contributed by atoms with Gasteiger partial charge in [0.15, 0.2) is 0 Å². The highest BCUT2D eigenvalue weighted by Crippen LogP contribution is 1.92. The third kappa shape index (κ3) is 3.65. The Morgan fingerprint density at radius 2 is 2.22 bits per heavy atom. The van der Waals surface area contributed by atoms with Gasteiger partial charge >= 0.3 is 0 Å². The number of nitrogens with two attached hydrogens (primary N) is 1. The molecule has 0 atom stereocenters. The van der Waals surface area contributed by atoms with Crippen molar-refractivity contribution in [2.45, 2.75) is 6.92 Å². The zero-order valence-electron chi connectivity index (χ0n) is 6.02. The van der Waals surface area contributed by atoms with Gasteiger partial charge in [-0.1, -0.05) is 31.1 Å². The molecule has 0 aliphatic rings. The van der Waals surface area contributed by atoms with Crippen LogP contribution in [0, 0.1) is 0 Å². The van der Waals surface area contributed by atoms with Crippen LogP contribution >= 0.6 is 0 Å². The number of hydrogen-bond acceptors (Lipinski definition) is 1. The summed E-state index contributed by atoms with van der Waals surface area (Å²) in [4.78, 5) is 0. The van der Waals surface area contributed by atoms with Gasteiger partial charge in [0.05, 0.1) is 0 Å². The SMILES string of the molecule is B/C(C)=C(N)/C=C\C=C. The molecule has 48 valence electrons. The summed E-state index contributed by atoms with van der Waals surface area (Å²) in [7, 11) is 1.97. The Morgan fingerprint density at radius 1 is 1.67 bits per heavy atom. The van der Waals surface area contributed by atoms with Crippen LogP contribution in [0.2, 0.25) is 0 Å². The van der Waals surface area contributed by atoms with Gasteiger partial charge in [0.25, 0.3) is 0 Å². The van der Waals surface area contributed by atoms with E-state index in [2.05, 4.69) is 6.58 Å². The molecule has 0 saturated heterocycles. The van der Waals surface area contributed by atoms with Crippen molar-refractivity contribution in [2.75, 3.05) is 0 Å². The van der Waals surface area contributed by atoms with Crippen molar-refractivity contribution in [2.24, 2.45) is 5.73 Å². The molecule has 0 radical (unpaired) electrons. The van der Waals surface area contributed by atoms with E-state index in [9.17, 15) is 0 Å². The Balaban J connectivity index is 4.06. The molecule has 2 N–H and O–H groups in total. The molecule has 0 aromatic carbocycles. The Labute approximate surface area is 57.4 Å². The second kappa shape index (κ2) is 4.01. The summed E-state index contributed by atoms with van der Waals surface area (Å²) in [6.45, 7) is 5.50. The van der Waals surface area contributed by atoms with Crippen LogP contribution in [0.25, 0.3) is 0 Å². The summed E-state index contributed by atoms with van der Waals surface area (Å²) in [5, 5.41) is 0. The number of allylic oxidation sites excluding steroid dienone is 4. The second-order valence-corrected chi connectivity index (χ2v) is 2.05. The number of rotatable bonds is 2. The summed E-state index contributed by atoms with van der Waals surface area (Å²) >= 11 is 0. The lowest BCUT2D eigenvalue weighted by Gasteiger charge is -1.92. The van der Waals surface area contributed by atoms with E-state index in [0.717, 1.165) is 11.2 Å². The van der Waals surface area contributed by atoms with Crippen molar-refractivity contribution < 1.29 is 0 Å². The first kappa shape index (κ1) is 8.08. The van der Waals surface area contributed by atoms with Gasteiger partial charge in [0, 0.05) is 5.70 Å². The third-order valence-corrected chi connectivity index (χ3v) is 0.989. The standard InChI is InChI=1S/C7H12BN/c1-3-4-5-7(9)6(2)8/h3-5H,1,8-9H2,2H3/b5-4-,7-6-. The molecule has 0 bridgehead atoms. The van der Waals surface area contributed by atoms with Crippen molar-refractivity contribution in [1.29, 1.82) is 0 Å². The highest BCUT2D eigenvalue weighted by atomic mass is 14.6. The maximum absolute atomic E-state index is 5.55. The number of hydrogen-bond donors (Lipinski definition) is 1. The van der Waals surface area contributed by atoms with Gasteiger partial charge in [-0.3, -0.25) is 0 Å². The summed E-state index contributed by atoms with van der Waals surface area (Å²) in [6, 6.07) is 0. The molecule has 0 aliphatic heterocycles. The van der Waals surface area contributed by atoms with Crippen LogP contribution in [0.4, 0.5) is 0 Å². The minimum Gasteiger partial charge on any atom is -0.399 e. The molecule has 0 unspecified atom stereocenters. The lowest BCUT2D eigenvalue weighted by atomic mass is 9.95. The summed E-state index contributed by atoms with van der Waals surface area (Å²) in [6.07, 6.45) is 5.36. The smallest absolute Gasteiger partial charge is 0.136 e. The van der Waals surface area contributed by atoms with Crippen molar-refractivity contribution in [3.8, 4) is 0 Å². The van der Waals surface area contributed by atoms with Gasteiger partial charge in [-0.05, 0) is 6.08 Å². The fourth-order valence-corrected chi connectivity index (χ4v) is 0.338. The summed E-state index contributed by atoms with van der Waals surface area (Å²) in [5.74, 6) is 0. The van der Waals surface area contributed by atoms with Crippen LogP contribution in [0.3, 0.4) is 0 Å². The lowest BCUT2D eigenvalue weighted by molar-refractivity contribution is 1.37. The lowest BCUT2D eigenvalue weighted by Crippen LogP contribution is -1.96. The highest BCUT2D eigenvalue weighted by Gasteiger charge is 1.82. The van der Waals surface area contributed by atoms with E-state index in [0.29, 0.717) is 0 Å². The van der Waals surface area contributed by atoms with E-state index in [1.807, 2.05) is 26.9 Å². The third-order valence-electron chi connectivity index (χ3n) is 0.989. The van der Waals surface area contributed by atoms with Crippen LogP contribution in [0.15, 0.2) is 36.0 Å². The van der Waals surface area contributed by atoms with Crippen molar-refractivity contribution in [3.63, 3.8) is 0 Å². The van der Waals surface area contributed by atoms with Gasteiger partial charge in [-0.25, -0.2) is 0 Å². The zero-order valence-corrected chi connectivity index (χ0v) is 6.02. The molecule has 0 aromatic rings. The highest BCUT2D eigenvalue weighted by molar-refractivity contribution is 6.21. The average molecular weight is 121 g/mol. The molecule has 9 heavy (non-hydrogen) atoms. The largest absolute Gasteiger partial charge is 0.399 e. The first-order chi connectivity index (χ1) is 4.18. The fraction of sp³-hybridized carbons (Fsp3) is 0.143. The Kier molecular flexibility index (Phi) is 3.61. The molecule has 0 saturated carbocycles. The predicted octanol–water partition coefficient (Wildman–Crippen LogP) is 0.552. The van der Waals surface area contributed by atoms with Gasteiger partial charge in [0.1, 0.15) is 7.85 Å². The Morgan fingerprint density at radius 3 is 2.56 bits per heavy atom. The zero-order chi connectivity index (χ0) is 7.28. The monoisotopic (exact) mass is 121 g/mol. The van der Waals surface area contributed by atoms with E-state index in [1.165, 1.54) is 0 Å². The normalized spacial score (nSPS) is 13.4. The average Bonchev–Trinajstić information content (AvgIpc) is 1.82. The quantitative estimate of drug-likeness (QED) is 0.419. The second-order valence-electron chi connectivity index (χ2n) is 2.05. The molecule has 2 heteroatoms. The molecular formula is C7H12BN. The van der Waals surface area contributed by atoms with Crippen LogP contribution in [-0.2, 0) is 0 Å². The molecule has 0 fully saturated rings. The van der Waals surface area contributed by atoms with Crippen molar-refractivity contribution >= 4 is 7.85 Å². The molecule has 0 amide bonds. The van der Waals surface area contributed by atoms with E-state index in [-0.39, 0.29) is 0 Å². The van der Waals surface area contributed by atoms with Gasteiger partial charge < -0.3 is 5.73 Å². The summed E-state index contributed by atoms with van der Waals surface area (Å²) < 4.78 is 0. The van der Waals surface area contributed by atoms with Crippen molar-refractivity contribution in [3.05, 3.63) is 36.0 Å². The molecule has 0 rings (SSSR count). The van der Waals surface area contributed by atoms with Crippen LogP contribution in [0.5, 0.6) is 0 Å². The molecule has 0 aromatic heterocycles. The van der Waals surface area contributed by atoms with E-state index >= 15 is 0 Å². The topological polar surface area (TPSA) is 26.0 Å². The van der Waals surface area contributed by atoms with Crippen LogP contribution < -0.4 is 5.73 Å². The van der Waals surface area contributed by atoms with Crippen molar-refractivity contribution in [1.82, 2.24) is 0 Å². The van der Waals surface area contributed by atoms with E-state index < -0.39 is 0 Å². The molecule has 1 nitrogen and oxygen atoms in total. The summed E-state index contributed by atoms with van der Waals surface area (Å²) in [5.41, 5.74) is 7.49. The first-order valence-corrected chi connectivity index (χ1v) is 2.90.